The van der Waals surface area contributed by atoms with Crippen LogP contribution in [0.3, 0.4) is 0 Å². The molecule has 1 N–H and O–H groups in total. The molecule has 0 aliphatic carbocycles. The minimum Gasteiger partial charge on any atom is -0.383 e. The van der Waals surface area contributed by atoms with E-state index in [-0.39, 0.29) is 11.9 Å². The monoisotopic (exact) mass is 208 g/mol. The van der Waals surface area contributed by atoms with Gasteiger partial charge in [0.2, 0.25) is 0 Å². The first kappa shape index (κ1) is 11.7. The lowest BCUT2D eigenvalue weighted by Gasteiger charge is -2.12. The lowest BCUT2D eigenvalue weighted by Crippen LogP contribution is -2.35. The van der Waals surface area contributed by atoms with Gasteiger partial charge in [0, 0.05) is 25.0 Å². The molecule has 0 aromatic carbocycles. The summed E-state index contributed by atoms with van der Waals surface area (Å²) in [4.78, 5) is 15.7. The van der Waals surface area contributed by atoms with Crippen LogP contribution < -0.4 is 5.32 Å². The average Bonchev–Trinajstić information content (AvgIpc) is 2.18. The third-order valence-electron chi connectivity index (χ3n) is 1.97. The average molecular weight is 208 g/mol. The van der Waals surface area contributed by atoms with Crippen molar-refractivity contribution in [2.45, 2.75) is 19.9 Å². The lowest BCUT2D eigenvalue weighted by atomic mass is 10.2. The van der Waals surface area contributed by atoms with E-state index >= 15 is 0 Å². The number of nitrogens with one attached hydrogen (secondary N) is 1. The van der Waals surface area contributed by atoms with E-state index in [4.69, 9.17) is 4.74 Å². The second-order valence-electron chi connectivity index (χ2n) is 3.52. The van der Waals surface area contributed by atoms with Gasteiger partial charge in [0.05, 0.1) is 12.2 Å². The van der Waals surface area contributed by atoms with Crippen LogP contribution in [0.4, 0.5) is 0 Å². The van der Waals surface area contributed by atoms with Crippen molar-refractivity contribution < 1.29 is 9.53 Å². The van der Waals surface area contributed by atoms with Crippen LogP contribution in [0.2, 0.25) is 0 Å². The lowest BCUT2D eigenvalue weighted by molar-refractivity contribution is 0.0905. The van der Waals surface area contributed by atoms with E-state index in [0.717, 1.165) is 5.69 Å². The van der Waals surface area contributed by atoms with Gasteiger partial charge < -0.3 is 10.1 Å². The van der Waals surface area contributed by atoms with E-state index in [1.54, 1.807) is 19.4 Å². The first-order chi connectivity index (χ1) is 7.13. The summed E-state index contributed by atoms with van der Waals surface area (Å²) in [7, 11) is 1.61. The summed E-state index contributed by atoms with van der Waals surface area (Å²) in [5.41, 5.74) is 1.47. The molecule has 4 heteroatoms. The molecule has 0 radical (unpaired) electrons. The second kappa shape index (κ2) is 5.46. The topological polar surface area (TPSA) is 51.2 Å². The molecule has 82 valence electrons. The van der Waals surface area contributed by atoms with Crippen molar-refractivity contribution in [1.29, 1.82) is 0 Å². The first-order valence-electron chi connectivity index (χ1n) is 4.86. The number of ether oxygens (including phenoxy) is 1. The maximum absolute atomic E-state index is 11.6. The van der Waals surface area contributed by atoms with Crippen LogP contribution in [-0.4, -0.2) is 30.6 Å². The number of rotatable bonds is 4. The Morgan fingerprint density at radius 2 is 2.33 bits per heavy atom. The van der Waals surface area contributed by atoms with Crippen LogP contribution in [0.1, 0.15) is 23.0 Å². The molecule has 0 aliphatic rings. The van der Waals surface area contributed by atoms with Gasteiger partial charge in [0.15, 0.2) is 0 Å². The molecule has 0 spiro atoms. The molecule has 1 heterocycles. The molecule has 1 aromatic heterocycles. The molecule has 1 amide bonds. The summed E-state index contributed by atoms with van der Waals surface area (Å²) < 4.78 is 4.93. The summed E-state index contributed by atoms with van der Waals surface area (Å²) in [5, 5.41) is 2.81. The Labute approximate surface area is 89.7 Å². The van der Waals surface area contributed by atoms with Crippen molar-refractivity contribution in [2.75, 3.05) is 13.7 Å². The van der Waals surface area contributed by atoms with E-state index in [9.17, 15) is 4.79 Å². The van der Waals surface area contributed by atoms with E-state index in [1.165, 1.54) is 0 Å². The van der Waals surface area contributed by atoms with Crippen molar-refractivity contribution in [3.63, 3.8) is 0 Å². The Balaban J connectivity index is 2.57. The first-order valence-corrected chi connectivity index (χ1v) is 4.86. The van der Waals surface area contributed by atoms with Crippen molar-refractivity contribution in [3.05, 3.63) is 29.6 Å². The fourth-order valence-corrected chi connectivity index (χ4v) is 1.20. The smallest absolute Gasteiger partial charge is 0.253 e. The molecule has 4 nitrogen and oxygen atoms in total. The van der Waals surface area contributed by atoms with Crippen molar-refractivity contribution in [3.8, 4) is 0 Å². The van der Waals surface area contributed by atoms with Crippen LogP contribution >= 0.6 is 0 Å². The zero-order chi connectivity index (χ0) is 11.3. The minimum atomic E-state index is -0.118. The third-order valence-corrected chi connectivity index (χ3v) is 1.97. The van der Waals surface area contributed by atoms with Gasteiger partial charge in [0.1, 0.15) is 0 Å². The number of hydrogen-bond donors (Lipinski definition) is 1. The molecule has 0 fully saturated rings. The molecule has 1 rings (SSSR count). The quantitative estimate of drug-likeness (QED) is 0.807. The summed E-state index contributed by atoms with van der Waals surface area (Å²) in [6, 6.07) is 3.58. The summed E-state index contributed by atoms with van der Waals surface area (Å²) in [6.07, 6.45) is 1.57. The number of methoxy groups -OCH3 is 1. The number of carbonyl (C=O) groups excluding carboxylic acids is 1. The van der Waals surface area contributed by atoms with E-state index < -0.39 is 0 Å². The maximum atomic E-state index is 11.6. The van der Waals surface area contributed by atoms with Crippen LogP contribution in [0.5, 0.6) is 0 Å². The third kappa shape index (κ3) is 3.67. The summed E-state index contributed by atoms with van der Waals surface area (Å²) >= 11 is 0. The molecule has 1 unspecified atom stereocenters. The Morgan fingerprint density at radius 3 is 2.87 bits per heavy atom. The van der Waals surface area contributed by atoms with E-state index in [2.05, 4.69) is 10.3 Å². The van der Waals surface area contributed by atoms with Gasteiger partial charge in [-0.05, 0) is 26.0 Å². The van der Waals surface area contributed by atoms with Gasteiger partial charge in [-0.1, -0.05) is 0 Å². The SMILES string of the molecule is COCC(C)NC(=O)c1ccc(C)nc1. The molecule has 1 aromatic rings. The minimum absolute atomic E-state index is 0.00352. The second-order valence-corrected chi connectivity index (χ2v) is 3.52. The zero-order valence-corrected chi connectivity index (χ0v) is 9.28. The Hall–Kier alpha value is -1.42. The van der Waals surface area contributed by atoms with Crippen molar-refractivity contribution in [1.82, 2.24) is 10.3 Å². The van der Waals surface area contributed by atoms with E-state index in [0.29, 0.717) is 12.2 Å². The molecule has 0 bridgehead atoms. The number of carbonyl (C=O) groups is 1. The highest BCUT2D eigenvalue weighted by Gasteiger charge is 2.09. The molecule has 0 saturated heterocycles. The van der Waals surface area contributed by atoms with E-state index in [1.807, 2.05) is 19.9 Å². The van der Waals surface area contributed by atoms with Gasteiger partial charge in [-0.3, -0.25) is 9.78 Å². The molecule has 0 saturated carbocycles. The van der Waals surface area contributed by atoms with Gasteiger partial charge in [0.25, 0.3) is 5.91 Å². The number of amides is 1. The van der Waals surface area contributed by atoms with Gasteiger partial charge in [-0.15, -0.1) is 0 Å². The molecule has 0 aliphatic heterocycles. The maximum Gasteiger partial charge on any atom is 0.253 e. The normalized spacial score (nSPS) is 12.2. The Bertz CT molecular complexity index is 322. The van der Waals surface area contributed by atoms with Crippen molar-refractivity contribution in [2.24, 2.45) is 0 Å². The number of aryl methyl sites for hydroxylation is 1. The highest BCUT2D eigenvalue weighted by atomic mass is 16.5. The predicted octanol–water partition coefficient (Wildman–Crippen LogP) is 1.15. The number of hydrogen-bond acceptors (Lipinski definition) is 3. The molecule has 1 atom stereocenters. The van der Waals surface area contributed by atoms with Gasteiger partial charge >= 0.3 is 0 Å². The Kier molecular flexibility index (Phi) is 4.24. The fourth-order valence-electron chi connectivity index (χ4n) is 1.20. The largest absolute Gasteiger partial charge is 0.383 e. The van der Waals surface area contributed by atoms with Crippen LogP contribution in [0.15, 0.2) is 18.3 Å². The number of nitrogens with zero attached hydrogens (tertiary/aromatic N) is 1. The molecular formula is C11H16N2O2. The summed E-state index contributed by atoms with van der Waals surface area (Å²) in [6.45, 7) is 4.28. The van der Waals surface area contributed by atoms with Crippen LogP contribution in [0, 0.1) is 6.92 Å². The predicted molar refractivity (Wildman–Crippen MR) is 57.8 cm³/mol. The highest BCUT2D eigenvalue weighted by molar-refractivity contribution is 5.94. The molecule has 15 heavy (non-hydrogen) atoms. The summed E-state index contributed by atoms with van der Waals surface area (Å²) in [5.74, 6) is -0.118. The standard InChI is InChI=1S/C11H16N2O2/c1-8-4-5-10(6-12-8)11(14)13-9(2)7-15-3/h4-6,9H,7H2,1-3H3,(H,13,14). The van der Waals surface area contributed by atoms with Gasteiger partial charge in [-0.2, -0.15) is 0 Å². The Morgan fingerprint density at radius 1 is 1.60 bits per heavy atom. The highest BCUT2D eigenvalue weighted by Crippen LogP contribution is 1.99. The zero-order valence-electron chi connectivity index (χ0n) is 9.28. The van der Waals surface area contributed by atoms with Crippen LogP contribution in [0.25, 0.3) is 0 Å². The van der Waals surface area contributed by atoms with Crippen molar-refractivity contribution >= 4 is 5.91 Å². The fraction of sp³-hybridized carbons (Fsp3) is 0.455. The number of aromatic nitrogens is 1. The van der Waals surface area contributed by atoms with Crippen LogP contribution in [-0.2, 0) is 4.74 Å². The molecular weight excluding hydrogens is 192 g/mol. The van der Waals surface area contributed by atoms with Gasteiger partial charge in [-0.25, -0.2) is 0 Å². The number of pyridine rings is 1.